The first kappa shape index (κ1) is 23.2. The molecule has 0 spiro atoms. The zero-order chi connectivity index (χ0) is 24.7. The molecule has 1 fully saturated rings. The van der Waals surface area contributed by atoms with Crippen molar-refractivity contribution in [2.75, 3.05) is 5.32 Å². The molecule has 0 atom stereocenters. The molecule has 0 unspecified atom stereocenters. The summed E-state index contributed by atoms with van der Waals surface area (Å²) >= 11 is 11.6. The molecule has 9 nitrogen and oxygen atoms in total. The fourth-order valence-electron chi connectivity index (χ4n) is 3.89. The highest BCUT2D eigenvalue weighted by Gasteiger charge is 2.28. The predicted molar refractivity (Wildman–Crippen MR) is 135 cm³/mol. The summed E-state index contributed by atoms with van der Waals surface area (Å²) in [6, 6.07) is 7.95. The van der Waals surface area contributed by atoms with Gasteiger partial charge in [0.25, 0.3) is 5.91 Å². The summed E-state index contributed by atoms with van der Waals surface area (Å²) in [6.45, 7) is 2.26. The number of carbonyl (C=O) groups is 1. The lowest BCUT2D eigenvalue weighted by Gasteiger charge is -2.12. The lowest BCUT2D eigenvalue weighted by Crippen LogP contribution is -2.44. The van der Waals surface area contributed by atoms with Crippen LogP contribution in [0.5, 0.6) is 0 Å². The van der Waals surface area contributed by atoms with Crippen molar-refractivity contribution in [1.82, 2.24) is 35.4 Å². The van der Waals surface area contributed by atoms with E-state index in [2.05, 4.69) is 26.4 Å². The Kier molecular flexibility index (Phi) is 6.12. The number of aryl methyl sites for hydroxylation is 2. The van der Waals surface area contributed by atoms with Crippen LogP contribution in [0.1, 0.15) is 46.1 Å². The van der Waals surface area contributed by atoms with E-state index in [1.165, 1.54) is 12.1 Å². The average Bonchev–Trinajstić information content (AvgIpc) is 3.57. The number of halogens is 2. The van der Waals surface area contributed by atoms with Crippen LogP contribution >= 0.6 is 23.8 Å². The molecule has 0 bridgehead atoms. The molecule has 3 N–H and O–H groups in total. The quantitative estimate of drug-likeness (QED) is 0.276. The molecular weight excluding hydrogens is 491 g/mol. The second-order valence-electron chi connectivity index (χ2n) is 8.46. The predicted octanol–water partition coefficient (Wildman–Crippen LogP) is 3.82. The number of aromatic nitrogens is 5. The van der Waals surface area contributed by atoms with Crippen LogP contribution in [0.25, 0.3) is 11.0 Å². The number of nitrogens with one attached hydrogen (secondary N) is 3. The molecule has 1 aliphatic rings. The van der Waals surface area contributed by atoms with Gasteiger partial charge in [-0.2, -0.15) is 10.2 Å². The van der Waals surface area contributed by atoms with E-state index in [0.29, 0.717) is 39.9 Å². The molecule has 1 amide bonds. The highest BCUT2D eigenvalue weighted by molar-refractivity contribution is 7.80. The van der Waals surface area contributed by atoms with Crippen molar-refractivity contribution in [2.24, 2.45) is 7.05 Å². The number of fused-ring (bicyclic) bond motifs is 1. The van der Waals surface area contributed by atoms with Crippen LogP contribution in [0.2, 0.25) is 5.02 Å². The Hall–Kier alpha value is -3.57. The largest absolute Gasteiger partial charge is 0.313 e. The van der Waals surface area contributed by atoms with Gasteiger partial charge in [0.2, 0.25) is 0 Å². The number of rotatable bonds is 5. The number of benzene rings is 1. The molecule has 0 saturated heterocycles. The van der Waals surface area contributed by atoms with E-state index in [4.69, 9.17) is 28.8 Å². The van der Waals surface area contributed by atoms with Crippen molar-refractivity contribution in [3.8, 4) is 0 Å². The number of hydrazine groups is 1. The number of hydrogen-bond acceptors (Lipinski definition) is 5. The van der Waals surface area contributed by atoms with E-state index in [9.17, 15) is 9.18 Å². The molecule has 5 rings (SSSR count). The molecule has 1 aliphatic carbocycles. The first-order valence-electron chi connectivity index (χ1n) is 11.0. The van der Waals surface area contributed by atoms with Gasteiger partial charge < -0.3 is 5.32 Å². The molecule has 180 valence electrons. The first-order chi connectivity index (χ1) is 16.8. The molecule has 1 aromatic carbocycles. The normalized spacial score (nSPS) is 13.1. The van der Waals surface area contributed by atoms with Gasteiger partial charge in [0.1, 0.15) is 10.8 Å². The van der Waals surface area contributed by atoms with Gasteiger partial charge in [-0.05, 0) is 55.7 Å². The smallest absolute Gasteiger partial charge is 0.270 e. The Labute approximate surface area is 210 Å². The molecule has 0 radical (unpaired) electrons. The molecule has 3 aromatic heterocycles. The van der Waals surface area contributed by atoms with E-state index in [-0.39, 0.29) is 16.8 Å². The molecular formula is C23H22ClFN8OS. The van der Waals surface area contributed by atoms with Crippen LogP contribution in [0.3, 0.4) is 0 Å². The number of hydrogen-bond donors (Lipinski definition) is 3. The third kappa shape index (κ3) is 4.96. The third-order valence-electron chi connectivity index (χ3n) is 5.73. The molecule has 3 heterocycles. The van der Waals surface area contributed by atoms with Crippen LogP contribution < -0.4 is 16.2 Å². The van der Waals surface area contributed by atoms with Crippen molar-refractivity contribution >= 4 is 51.7 Å². The fraction of sp³-hybridized carbons (Fsp3) is 0.261. The molecule has 1 saturated carbocycles. The second kappa shape index (κ2) is 9.23. The Morgan fingerprint density at radius 3 is 2.69 bits per heavy atom. The molecule has 4 aromatic rings. The highest BCUT2D eigenvalue weighted by Crippen LogP contribution is 2.40. The van der Waals surface area contributed by atoms with E-state index < -0.39 is 0 Å². The zero-order valence-corrected chi connectivity index (χ0v) is 20.5. The maximum absolute atomic E-state index is 13.1. The fourth-order valence-corrected chi connectivity index (χ4v) is 4.24. The lowest BCUT2D eigenvalue weighted by molar-refractivity contribution is 0.0945. The minimum Gasteiger partial charge on any atom is -0.313 e. The van der Waals surface area contributed by atoms with Crippen molar-refractivity contribution in [1.29, 1.82) is 0 Å². The van der Waals surface area contributed by atoms with Gasteiger partial charge in [0.15, 0.2) is 16.6 Å². The van der Waals surface area contributed by atoms with Crippen LogP contribution in [0, 0.1) is 12.7 Å². The van der Waals surface area contributed by atoms with Crippen LogP contribution in [0.4, 0.5) is 10.2 Å². The molecule has 0 aliphatic heterocycles. The summed E-state index contributed by atoms with van der Waals surface area (Å²) in [4.78, 5) is 17.8. The summed E-state index contributed by atoms with van der Waals surface area (Å²) in [5.74, 6) is 0.0467. The SMILES string of the molecule is Cc1nn(C)c2nc(C3CC3)cc(C(=O)NNC(=S)Nc3nn(Cc4ccc(F)cc4)cc3Cl)c12. The first-order valence-corrected chi connectivity index (χ1v) is 11.8. The number of pyridine rings is 1. The van der Waals surface area contributed by atoms with Gasteiger partial charge in [0.05, 0.1) is 23.2 Å². The van der Waals surface area contributed by atoms with E-state index >= 15 is 0 Å². The van der Waals surface area contributed by atoms with Crippen molar-refractivity contribution in [2.45, 2.75) is 32.2 Å². The van der Waals surface area contributed by atoms with E-state index in [1.54, 1.807) is 27.7 Å². The van der Waals surface area contributed by atoms with Crippen molar-refractivity contribution in [3.05, 3.63) is 69.9 Å². The monoisotopic (exact) mass is 512 g/mol. The maximum Gasteiger partial charge on any atom is 0.270 e. The van der Waals surface area contributed by atoms with Gasteiger partial charge in [-0.25, -0.2) is 9.37 Å². The van der Waals surface area contributed by atoms with Gasteiger partial charge in [0, 0.05) is 24.9 Å². The van der Waals surface area contributed by atoms with Crippen LogP contribution in [-0.2, 0) is 13.6 Å². The summed E-state index contributed by atoms with van der Waals surface area (Å²) in [6.07, 6.45) is 3.77. The van der Waals surface area contributed by atoms with Gasteiger partial charge in [-0.15, -0.1) is 0 Å². The summed E-state index contributed by atoms with van der Waals surface area (Å²) < 4.78 is 16.4. The Balaban J connectivity index is 1.26. The standard InChI is InChI=1S/C23H22ClFN8OS/c1-12-19-16(9-18(14-5-6-14)26-21(19)32(2)30-12)22(34)28-29-23(35)27-20-17(24)11-33(31-20)10-13-3-7-15(25)8-4-13/h3-4,7-9,11,14H,5-6,10H2,1-2H3,(H,28,34)(H2,27,29,31,35). The molecule has 12 heteroatoms. The van der Waals surface area contributed by atoms with E-state index in [0.717, 1.165) is 29.8 Å². The Bertz CT molecular complexity index is 1440. The summed E-state index contributed by atoms with van der Waals surface area (Å²) in [5.41, 5.74) is 8.98. The van der Waals surface area contributed by atoms with Gasteiger partial charge >= 0.3 is 0 Å². The topological polar surface area (TPSA) is 102 Å². The zero-order valence-electron chi connectivity index (χ0n) is 19.0. The number of carbonyl (C=O) groups excluding carboxylic acids is 1. The minimum atomic E-state index is -0.354. The van der Waals surface area contributed by atoms with Crippen molar-refractivity contribution < 1.29 is 9.18 Å². The van der Waals surface area contributed by atoms with Gasteiger partial charge in [-0.1, -0.05) is 23.7 Å². The van der Waals surface area contributed by atoms with Crippen LogP contribution in [-0.4, -0.2) is 35.6 Å². The van der Waals surface area contributed by atoms with Crippen molar-refractivity contribution in [3.63, 3.8) is 0 Å². The Morgan fingerprint density at radius 1 is 1.23 bits per heavy atom. The van der Waals surface area contributed by atoms with E-state index in [1.807, 2.05) is 20.0 Å². The summed E-state index contributed by atoms with van der Waals surface area (Å²) in [7, 11) is 1.82. The van der Waals surface area contributed by atoms with Gasteiger partial charge in [-0.3, -0.25) is 25.0 Å². The number of nitrogens with zero attached hydrogens (tertiary/aromatic N) is 5. The summed E-state index contributed by atoms with van der Waals surface area (Å²) in [5, 5.41) is 12.8. The Morgan fingerprint density at radius 2 is 1.97 bits per heavy atom. The number of thiocarbonyl (C=S) groups is 1. The maximum atomic E-state index is 13.1. The third-order valence-corrected chi connectivity index (χ3v) is 6.21. The number of anilines is 1. The van der Waals surface area contributed by atoms with Crippen LogP contribution in [0.15, 0.2) is 36.5 Å². The lowest BCUT2D eigenvalue weighted by atomic mass is 10.1. The minimum absolute atomic E-state index is 0.114. The number of amides is 1. The molecule has 35 heavy (non-hydrogen) atoms. The average molecular weight is 513 g/mol. The second-order valence-corrected chi connectivity index (χ2v) is 9.27. The highest BCUT2D eigenvalue weighted by atomic mass is 35.5.